The quantitative estimate of drug-likeness (QED) is 0.498. The number of aryl methyl sites for hydroxylation is 4. The van der Waals surface area contributed by atoms with Crippen LogP contribution in [0.15, 0.2) is 77.9 Å². The van der Waals surface area contributed by atoms with E-state index in [1.54, 1.807) is 6.21 Å². The zero-order valence-corrected chi connectivity index (χ0v) is 15.8. The van der Waals surface area contributed by atoms with Crippen molar-refractivity contribution in [2.24, 2.45) is 5.10 Å². The molecule has 0 aliphatic heterocycles. The second-order valence-corrected chi connectivity index (χ2v) is 6.76. The van der Waals surface area contributed by atoms with E-state index >= 15 is 0 Å². The number of hydrazone groups is 1. The highest BCUT2D eigenvalue weighted by molar-refractivity contribution is 5.96. The number of nitrogens with one attached hydrogen (secondary N) is 1. The summed E-state index contributed by atoms with van der Waals surface area (Å²) in [7, 11) is 0. The van der Waals surface area contributed by atoms with Crippen molar-refractivity contribution in [1.82, 2.24) is 5.43 Å². The van der Waals surface area contributed by atoms with Crippen molar-refractivity contribution >= 4 is 12.1 Å². The maximum atomic E-state index is 12.6. The second-order valence-electron chi connectivity index (χ2n) is 6.76. The lowest BCUT2D eigenvalue weighted by Crippen LogP contribution is -2.19. The fourth-order valence-electron chi connectivity index (χ4n) is 3.19. The predicted molar refractivity (Wildman–Crippen MR) is 111 cm³/mol. The molecule has 27 heavy (non-hydrogen) atoms. The van der Waals surface area contributed by atoms with Gasteiger partial charge < -0.3 is 0 Å². The van der Waals surface area contributed by atoms with Gasteiger partial charge in [0.2, 0.25) is 0 Å². The normalized spacial score (nSPS) is 10.9. The van der Waals surface area contributed by atoms with Crippen LogP contribution in [0, 0.1) is 13.8 Å². The number of hydrogen-bond acceptors (Lipinski definition) is 2. The van der Waals surface area contributed by atoms with Gasteiger partial charge in [-0.05, 0) is 49.4 Å². The van der Waals surface area contributed by atoms with Crippen LogP contribution in [0.3, 0.4) is 0 Å². The van der Waals surface area contributed by atoms with Gasteiger partial charge >= 0.3 is 0 Å². The summed E-state index contributed by atoms with van der Waals surface area (Å²) < 4.78 is 0. The van der Waals surface area contributed by atoms with Crippen LogP contribution < -0.4 is 5.43 Å². The highest BCUT2D eigenvalue weighted by Gasteiger charge is 2.10. The van der Waals surface area contributed by atoms with Gasteiger partial charge in [0.1, 0.15) is 0 Å². The Balaban J connectivity index is 1.66. The van der Waals surface area contributed by atoms with Gasteiger partial charge in [-0.1, -0.05) is 77.9 Å². The third-order valence-electron chi connectivity index (χ3n) is 4.41. The molecule has 0 atom stereocenters. The SMILES string of the molecule is Cc1cc(C)cc(C=NNC(=O)c2ccccc2CCc2ccccc2)c1. The van der Waals surface area contributed by atoms with Crippen LogP contribution in [0.1, 0.15) is 38.2 Å². The van der Waals surface area contributed by atoms with E-state index in [0.29, 0.717) is 5.56 Å². The smallest absolute Gasteiger partial charge is 0.267 e. The van der Waals surface area contributed by atoms with Crippen molar-refractivity contribution in [3.05, 3.63) is 106 Å². The third kappa shape index (κ3) is 5.38. The molecule has 3 aromatic rings. The molecule has 0 saturated heterocycles. The summed E-state index contributed by atoms with van der Waals surface area (Å²) in [5.41, 5.74) is 8.95. The minimum Gasteiger partial charge on any atom is -0.267 e. The minimum absolute atomic E-state index is 0.181. The van der Waals surface area contributed by atoms with Crippen molar-refractivity contribution in [1.29, 1.82) is 0 Å². The third-order valence-corrected chi connectivity index (χ3v) is 4.41. The maximum Gasteiger partial charge on any atom is 0.271 e. The summed E-state index contributed by atoms with van der Waals surface area (Å²) in [6.07, 6.45) is 3.40. The molecule has 0 fully saturated rings. The van der Waals surface area contributed by atoms with Crippen LogP contribution in [0.5, 0.6) is 0 Å². The van der Waals surface area contributed by atoms with Gasteiger partial charge in [0, 0.05) is 5.56 Å². The zero-order chi connectivity index (χ0) is 19.1. The topological polar surface area (TPSA) is 41.5 Å². The lowest BCUT2D eigenvalue weighted by molar-refractivity contribution is 0.0954. The van der Waals surface area contributed by atoms with E-state index in [-0.39, 0.29) is 5.91 Å². The molecule has 1 N–H and O–H groups in total. The Labute approximate surface area is 160 Å². The highest BCUT2D eigenvalue weighted by atomic mass is 16.2. The molecule has 0 unspecified atom stereocenters. The average Bonchev–Trinajstić information content (AvgIpc) is 2.66. The number of amides is 1. The van der Waals surface area contributed by atoms with Crippen molar-refractivity contribution < 1.29 is 4.79 Å². The Morgan fingerprint density at radius 3 is 2.30 bits per heavy atom. The van der Waals surface area contributed by atoms with E-state index in [4.69, 9.17) is 0 Å². The van der Waals surface area contributed by atoms with E-state index in [9.17, 15) is 4.79 Å². The first kappa shape index (κ1) is 18.6. The van der Waals surface area contributed by atoms with Gasteiger partial charge in [-0.3, -0.25) is 4.79 Å². The Hall–Kier alpha value is -3.20. The molecule has 0 aliphatic carbocycles. The molecule has 3 rings (SSSR count). The molecular formula is C24H24N2O. The first-order chi connectivity index (χ1) is 13.1. The summed E-state index contributed by atoms with van der Waals surface area (Å²) in [5.74, 6) is -0.181. The Morgan fingerprint density at radius 2 is 1.56 bits per heavy atom. The molecule has 3 aromatic carbocycles. The van der Waals surface area contributed by atoms with E-state index in [0.717, 1.165) is 24.0 Å². The number of benzene rings is 3. The summed E-state index contributed by atoms with van der Waals surface area (Å²) >= 11 is 0. The number of hydrogen-bond donors (Lipinski definition) is 1. The molecule has 0 bridgehead atoms. The van der Waals surface area contributed by atoms with E-state index < -0.39 is 0 Å². The van der Waals surface area contributed by atoms with Gasteiger partial charge in [-0.2, -0.15) is 5.10 Å². The van der Waals surface area contributed by atoms with Crippen molar-refractivity contribution in [3.8, 4) is 0 Å². The summed E-state index contributed by atoms with van der Waals surface area (Å²) in [6, 6.07) is 24.2. The molecule has 0 saturated carbocycles. The molecule has 3 nitrogen and oxygen atoms in total. The molecule has 3 heteroatoms. The van der Waals surface area contributed by atoms with Crippen molar-refractivity contribution in [3.63, 3.8) is 0 Å². The average molecular weight is 356 g/mol. The summed E-state index contributed by atoms with van der Waals surface area (Å²) in [4.78, 5) is 12.6. The minimum atomic E-state index is -0.181. The van der Waals surface area contributed by atoms with Crippen LogP contribution in [0.4, 0.5) is 0 Å². The molecule has 0 radical (unpaired) electrons. The molecule has 0 aliphatic rings. The number of carbonyl (C=O) groups is 1. The second kappa shape index (κ2) is 8.95. The summed E-state index contributed by atoms with van der Waals surface area (Å²) in [5, 5.41) is 4.13. The van der Waals surface area contributed by atoms with Gasteiger partial charge in [-0.15, -0.1) is 0 Å². The van der Waals surface area contributed by atoms with Crippen molar-refractivity contribution in [2.45, 2.75) is 26.7 Å². The number of carbonyl (C=O) groups excluding carboxylic acids is 1. The summed E-state index contributed by atoms with van der Waals surface area (Å²) in [6.45, 7) is 4.10. The lowest BCUT2D eigenvalue weighted by atomic mass is 9.99. The van der Waals surface area contributed by atoms with Crippen molar-refractivity contribution in [2.75, 3.05) is 0 Å². The fraction of sp³-hybridized carbons (Fsp3) is 0.167. The van der Waals surface area contributed by atoms with Crippen LogP contribution in [0.25, 0.3) is 0 Å². The molecule has 0 heterocycles. The van der Waals surface area contributed by atoms with Crippen LogP contribution in [-0.2, 0) is 12.8 Å². The number of rotatable bonds is 6. The Morgan fingerprint density at radius 1 is 0.889 bits per heavy atom. The molecule has 0 spiro atoms. The zero-order valence-electron chi connectivity index (χ0n) is 15.8. The van der Waals surface area contributed by atoms with Crippen LogP contribution in [-0.4, -0.2) is 12.1 Å². The lowest BCUT2D eigenvalue weighted by Gasteiger charge is -2.08. The van der Waals surface area contributed by atoms with Gasteiger partial charge in [-0.25, -0.2) is 5.43 Å². The van der Waals surface area contributed by atoms with Crippen LogP contribution in [0.2, 0.25) is 0 Å². The van der Waals surface area contributed by atoms with Gasteiger partial charge in [0.05, 0.1) is 6.21 Å². The first-order valence-electron chi connectivity index (χ1n) is 9.15. The standard InChI is InChI=1S/C24H24N2O/c1-18-14-19(2)16-21(15-18)17-25-26-24(27)23-11-7-6-10-22(23)13-12-20-8-4-3-5-9-20/h3-11,14-17H,12-13H2,1-2H3,(H,26,27). The fourth-order valence-corrected chi connectivity index (χ4v) is 3.19. The van der Waals surface area contributed by atoms with E-state index in [1.807, 2.05) is 68.4 Å². The molecule has 1 amide bonds. The van der Waals surface area contributed by atoms with Gasteiger partial charge in [0.25, 0.3) is 5.91 Å². The predicted octanol–water partition coefficient (Wildman–Crippen LogP) is 4.85. The maximum absolute atomic E-state index is 12.6. The Bertz CT molecular complexity index is 925. The van der Waals surface area contributed by atoms with E-state index in [2.05, 4.69) is 28.7 Å². The largest absolute Gasteiger partial charge is 0.271 e. The van der Waals surface area contributed by atoms with E-state index in [1.165, 1.54) is 16.7 Å². The number of nitrogens with zero attached hydrogens (tertiary/aromatic N) is 1. The highest BCUT2D eigenvalue weighted by Crippen LogP contribution is 2.13. The molecule has 0 aromatic heterocycles. The first-order valence-corrected chi connectivity index (χ1v) is 9.15. The van der Waals surface area contributed by atoms with Crippen LogP contribution >= 0.6 is 0 Å². The molecule has 136 valence electrons. The Kier molecular flexibility index (Phi) is 6.16. The molecular weight excluding hydrogens is 332 g/mol. The van der Waals surface area contributed by atoms with Gasteiger partial charge in [0.15, 0.2) is 0 Å². The monoisotopic (exact) mass is 356 g/mol.